The predicted octanol–water partition coefficient (Wildman–Crippen LogP) is 4.18. The summed E-state index contributed by atoms with van der Waals surface area (Å²) in [5.41, 5.74) is 0.435. The summed E-state index contributed by atoms with van der Waals surface area (Å²) in [6.07, 6.45) is 5.99. The number of hydrogen-bond acceptors (Lipinski definition) is 2. The number of aliphatic carboxylic acids is 1. The van der Waals surface area contributed by atoms with Gasteiger partial charge in [0.1, 0.15) is 0 Å². The number of nitrogens with one attached hydrogen (secondary N) is 1. The zero-order valence-electron chi connectivity index (χ0n) is 14.6. The van der Waals surface area contributed by atoms with Crippen molar-refractivity contribution >= 4 is 5.97 Å². The molecule has 0 bridgehead atoms. The van der Waals surface area contributed by atoms with Crippen molar-refractivity contribution in [2.45, 2.75) is 66.7 Å². The van der Waals surface area contributed by atoms with Crippen LogP contribution in [0.5, 0.6) is 0 Å². The highest BCUT2D eigenvalue weighted by atomic mass is 16.4. The third-order valence-corrected chi connectivity index (χ3v) is 5.00. The normalized spacial score (nSPS) is 25.0. The average molecular weight is 297 g/mol. The van der Waals surface area contributed by atoms with Crippen LogP contribution in [0.15, 0.2) is 0 Å². The molecule has 3 heteroatoms. The van der Waals surface area contributed by atoms with E-state index in [1.807, 2.05) is 0 Å². The molecule has 1 aliphatic carbocycles. The molecule has 1 atom stereocenters. The first kappa shape index (κ1) is 18.5. The van der Waals surface area contributed by atoms with Gasteiger partial charge in [0.05, 0.1) is 5.92 Å². The summed E-state index contributed by atoms with van der Waals surface area (Å²) in [6.45, 7) is 12.8. The highest BCUT2D eigenvalue weighted by Gasteiger charge is 2.29. The molecular formula is C18H35NO2. The van der Waals surface area contributed by atoms with Crippen molar-refractivity contribution in [1.29, 1.82) is 0 Å². The van der Waals surface area contributed by atoms with E-state index in [4.69, 9.17) is 0 Å². The van der Waals surface area contributed by atoms with Crippen LogP contribution in [0.4, 0.5) is 0 Å². The molecule has 3 nitrogen and oxygen atoms in total. The third-order valence-electron chi connectivity index (χ3n) is 5.00. The number of hydrogen-bond donors (Lipinski definition) is 2. The second-order valence-corrected chi connectivity index (χ2v) is 8.41. The lowest BCUT2D eigenvalue weighted by atomic mass is 9.70. The van der Waals surface area contributed by atoms with Gasteiger partial charge < -0.3 is 10.4 Å². The Hall–Kier alpha value is -0.570. The van der Waals surface area contributed by atoms with Crippen molar-refractivity contribution in [3.63, 3.8) is 0 Å². The molecule has 0 spiro atoms. The van der Waals surface area contributed by atoms with Crippen LogP contribution in [-0.2, 0) is 4.79 Å². The van der Waals surface area contributed by atoms with Gasteiger partial charge in [-0.1, -0.05) is 34.6 Å². The van der Waals surface area contributed by atoms with E-state index in [9.17, 15) is 9.90 Å². The number of rotatable bonds is 7. The molecule has 1 rings (SSSR count). The Morgan fingerprint density at radius 3 is 2.19 bits per heavy atom. The van der Waals surface area contributed by atoms with Crippen molar-refractivity contribution in [2.24, 2.45) is 29.1 Å². The fourth-order valence-corrected chi connectivity index (χ4v) is 3.53. The second-order valence-electron chi connectivity index (χ2n) is 8.41. The van der Waals surface area contributed by atoms with Gasteiger partial charge in [0.15, 0.2) is 0 Å². The van der Waals surface area contributed by atoms with Gasteiger partial charge in [0.25, 0.3) is 0 Å². The summed E-state index contributed by atoms with van der Waals surface area (Å²) in [5.74, 6) is 1.12. The number of carboxylic acid groups (broad SMARTS) is 1. The minimum atomic E-state index is -0.660. The molecule has 1 saturated carbocycles. The van der Waals surface area contributed by atoms with Gasteiger partial charge in [0, 0.05) is 6.54 Å². The molecule has 0 heterocycles. The smallest absolute Gasteiger partial charge is 0.307 e. The van der Waals surface area contributed by atoms with Crippen LogP contribution in [0.1, 0.15) is 66.7 Å². The second kappa shape index (κ2) is 8.17. The lowest BCUT2D eigenvalue weighted by Gasteiger charge is -2.37. The van der Waals surface area contributed by atoms with Crippen molar-refractivity contribution in [1.82, 2.24) is 5.32 Å². The van der Waals surface area contributed by atoms with Crippen molar-refractivity contribution < 1.29 is 9.90 Å². The fraction of sp³-hybridized carbons (Fsp3) is 0.944. The van der Waals surface area contributed by atoms with Gasteiger partial charge in [0.2, 0.25) is 0 Å². The molecule has 0 aromatic carbocycles. The van der Waals surface area contributed by atoms with E-state index in [2.05, 4.69) is 39.9 Å². The van der Waals surface area contributed by atoms with E-state index in [1.54, 1.807) is 0 Å². The van der Waals surface area contributed by atoms with Gasteiger partial charge in [-0.25, -0.2) is 0 Å². The highest BCUT2D eigenvalue weighted by Crippen LogP contribution is 2.39. The molecule has 1 fully saturated rings. The Morgan fingerprint density at radius 1 is 1.19 bits per heavy atom. The first-order chi connectivity index (χ1) is 9.70. The van der Waals surface area contributed by atoms with Crippen LogP contribution >= 0.6 is 0 Å². The largest absolute Gasteiger partial charge is 0.481 e. The maximum Gasteiger partial charge on any atom is 0.307 e. The van der Waals surface area contributed by atoms with Gasteiger partial charge >= 0.3 is 5.97 Å². The Labute approximate surface area is 130 Å². The van der Waals surface area contributed by atoms with E-state index in [0.717, 1.165) is 24.8 Å². The Bertz CT molecular complexity index is 312. The predicted molar refractivity (Wildman–Crippen MR) is 88.4 cm³/mol. The molecular weight excluding hydrogens is 262 g/mol. The molecule has 124 valence electrons. The maximum absolute atomic E-state index is 11.2. The van der Waals surface area contributed by atoms with Gasteiger partial charge in [-0.15, -0.1) is 0 Å². The van der Waals surface area contributed by atoms with Crippen LogP contribution in [0, 0.1) is 29.1 Å². The zero-order chi connectivity index (χ0) is 16.0. The van der Waals surface area contributed by atoms with Gasteiger partial charge in [-0.2, -0.15) is 0 Å². The summed E-state index contributed by atoms with van der Waals surface area (Å²) < 4.78 is 0. The lowest BCUT2D eigenvalue weighted by molar-refractivity contribution is -0.142. The van der Waals surface area contributed by atoms with E-state index < -0.39 is 5.97 Å². The van der Waals surface area contributed by atoms with Crippen LogP contribution in [-0.4, -0.2) is 24.2 Å². The molecule has 0 aromatic rings. The minimum Gasteiger partial charge on any atom is -0.481 e. The van der Waals surface area contributed by atoms with Gasteiger partial charge in [-0.3, -0.25) is 4.79 Å². The van der Waals surface area contributed by atoms with E-state index in [1.165, 1.54) is 25.7 Å². The first-order valence-electron chi connectivity index (χ1n) is 8.63. The molecule has 21 heavy (non-hydrogen) atoms. The van der Waals surface area contributed by atoms with Crippen LogP contribution in [0.25, 0.3) is 0 Å². The Morgan fingerprint density at radius 2 is 1.76 bits per heavy atom. The summed E-state index contributed by atoms with van der Waals surface area (Å²) >= 11 is 0. The maximum atomic E-state index is 11.2. The lowest BCUT2D eigenvalue weighted by Crippen LogP contribution is -2.35. The van der Waals surface area contributed by atoms with Crippen molar-refractivity contribution in [3.05, 3.63) is 0 Å². The molecule has 0 aromatic heterocycles. The number of carbonyl (C=O) groups is 1. The van der Waals surface area contributed by atoms with E-state index in [-0.39, 0.29) is 5.92 Å². The van der Waals surface area contributed by atoms with Gasteiger partial charge in [-0.05, 0) is 61.8 Å². The summed E-state index contributed by atoms with van der Waals surface area (Å²) in [5, 5.41) is 12.7. The Balaban J connectivity index is 2.26. The van der Waals surface area contributed by atoms with Crippen LogP contribution in [0.3, 0.4) is 0 Å². The van der Waals surface area contributed by atoms with Crippen LogP contribution in [0.2, 0.25) is 0 Å². The third kappa shape index (κ3) is 6.82. The quantitative estimate of drug-likeness (QED) is 0.741. The fourth-order valence-electron chi connectivity index (χ4n) is 3.53. The highest BCUT2D eigenvalue weighted by molar-refractivity contribution is 5.70. The molecule has 2 N–H and O–H groups in total. The Kier molecular flexibility index (Phi) is 7.19. The molecule has 1 unspecified atom stereocenters. The molecule has 0 aliphatic heterocycles. The molecule has 0 amide bonds. The standard InChI is InChI=1S/C18H35NO2/c1-13(2)10-15(17(20)21)12-19-11-14-6-8-16(9-7-14)18(3,4)5/h13-16,19H,6-12H2,1-5H3,(H,20,21). The summed E-state index contributed by atoms with van der Waals surface area (Å²) in [7, 11) is 0. The molecule has 1 aliphatic rings. The van der Waals surface area contributed by atoms with E-state index in [0.29, 0.717) is 17.9 Å². The topological polar surface area (TPSA) is 49.3 Å². The molecule has 0 saturated heterocycles. The minimum absolute atomic E-state index is 0.240. The van der Waals surface area contributed by atoms with E-state index >= 15 is 0 Å². The monoisotopic (exact) mass is 297 g/mol. The molecule has 0 radical (unpaired) electrons. The van der Waals surface area contributed by atoms with Crippen LogP contribution < -0.4 is 5.32 Å². The SMILES string of the molecule is CC(C)CC(CNCC1CCC(C(C)(C)C)CC1)C(=O)O. The first-order valence-corrected chi connectivity index (χ1v) is 8.63. The zero-order valence-corrected chi connectivity index (χ0v) is 14.6. The summed E-state index contributed by atoms with van der Waals surface area (Å²) in [4.78, 5) is 11.2. The van der Waals surface area contributed by atoms with Crippen molar-refractivity contribution in [2.75, 3.05) is 13.1 Å². The number of carboxylic acids is 1. The van der Waals surface area contributed by atoms with Crippen molar-refractivity contribution in [3.8, 4) is 0 Å². The average Bonchev–Trinajstić information content (AvgIpc) is 2.36. The summed E-state index contributed by atoms with van der Waals surface area (Å²) in [6, 6.07) is 0.